The van der Waals surface area contributed by atoms with Gasteiger partial charge < -0.3 is 9.80 Å². The van der Waals surface area contributed by atoms with Crippen molar-refractivity contribution in [1.82, 2.24) is 9.97 Å². The van der Waals surface area contributed by atoms with E-state index >= 15 is 0 Å². The van der Waals surface area contributed by atoms with E-state index in [-0.39, 0.29) is 17.5 Å². The van der Waals surface area contributed by atoms with Crippen LogP contribution in [-0.2, 0) is 10.8 Å². The standard InChI is InChI=1S/C74H55BN4/c1-73(2,3)53-29-33-55(34-30-53)78-63-41-52(72-76-61(44-15-9-7-10-16-44)43-62(77-72)45-17-11-8-12-18-45)42-64-69(63)75(59-39-50-25-23-46-19-13-21-48-27-37-57(70(59)78)67(50)65(46)48)60-40-51-26-24-47-20-14-22-49-28-38-58(68(51)66(47)49)71(60)79(64)56-35-31-54(32-36-56)74(4,5)6/h7-43H,1-6H3. The lowest BCUT2D eigenvalue weighted by atomic mass is 9.33. The van der Waals surface area contributed by atoms with Crippen LogP contribution in [0.25, 0.3) is 98.5 Å². The summed E-state index contributed by atoms with van der Waals surface area (Å²) in [5.41, 5.74) is 18.0. The van der Waals surface area contributed by atoms with Crippen molar-refractivity contribution in [3.05, 3.63) is 236 Å². The molecule has 13 aromatic carbocycles. The third-order valence-electron chi connectivity index (χ3n) is 17.4. The number of nitrogens with zero attached hydrogens (tertiary/aromatic N) is 4. The van der Waals surface area contributed by atoms with Crippen molar-refractivity contribution in [3.63, 3.8) is 0 Å². The van der Waals surface area contributed by atoms with Gasteiger partial charge in [-0.25, -0.2) is 9.97 Å². The molecule has 14 aromatic rings. The lowest BCUT2D eigenvalue weighted by Gasteiger charge is -2.45. The summed E-state index contributed by atoms with van der Waals surface area (Å²) in [7, 11) is 0. The first-order valence-corrected chi connectivity index (χ1v) is 27.8. The van der Waals surface area contributed by atoms with Crippen molar-refractivity contribution >= 4 is 122 Å². The SMILES string of the molecule is CC(C)(C)c1ccc(N2c3cc(-c4nc(-c5ccccc5)cc(-c5ccccc5)n4)cc4c3B(c3cc5ccc6cccc7ccc(c32)c5c67)c2cc3ccc5cccc6ccc(c2N4c2ccc(C(C)(C)C)cc2)c3c56)cc1. The maximum Gasteiger partial charge on any atom is 0.252 e. The average Bonchev–Trinajstić information content (AvgIpc) is 2.51. The predicted molar refractivity (Wildman–Crippen MR) is 337 cm³/mol. The Morgan fingerprint density at radius 2 is 0.734 bits per heavy atom. The van der Waals surface area contributed by atoms with Gasteiger partial charge in [0.2, 0.25) is 0 Å². The molecule has 0 radical (unpaired) electrons. The smallest absolute Gasteiger partial charge is 0.252 e. The summed E-state index contributed by atoms with van der Waals surface area (Å²) in [6, 6.07) is 84.3. The van der Waals surface area contributed by atoms with E-state index in [1.807, 2.05) is 0 Å². The highest BCUT2D eigenvalue weighted by Gasteiger charge is 2.46. The normalized spacial score (nSPS) is 13.4. The number of fused-ring (bicyclic) bond motifs is 6. The van der Waals surface area contributed by atoms with Gasteiger partial charge in [-0.15, -0.1) is 0 Å². The van der Waals surface area contributed by atoms with Gasteiger partial charge in [-0.1, -0.05) is 224 Å². The molecule has 3 heterocycles. The van der Waals surface area contributed by atoms with Crippen molar-refractivity contribution in [3.8, 4) is 33.9 Å². The molecule has 374 valence electrons. The third kappa shape index (κ3) is 6.88. The highest BCUT2D eigenvalue weighted by atomic mass is 15.2. The van der Waals surface area contributed by atoms with E-state index in [9.17, 15) is 0 Å². The van der Waals surface area contributed by atoms with Gasteiger partial charge in [-0.3, -0.25) is 0 Å². The molecule has 0 N–H and O–H groups in total. The minimum absolute atomic E-state index is 0.0311. The third-order valence-corrected chi connectivity index (χ3v) is 17.4. The van der Waals surface area contributed by atoms with Crippen LogP contribution >= 0.6 is 0 Å². The number of rotatable bonds is 5. The monoisotopic (exact) mass is 1010 g/mol. The second kappa shape index (κ2) is 16.6. The zero-order chi connectivity index (χ0) is 53.1. The number of benzene rings is 13. The Labute approximate surface area is 461 Å². The van der Waals surface area contributed by atoms with Crippen LogP contribution in [0.3, 0.4) is 0 Å². The molecular weight excluding hydrogens is 956 g/mol. The molecule has 2 aliphatic rings. The van der Waals surface area contributed by atoms with Crippen LogP contribution < -0.4 is 26.2 Å². The lowest BCUT2D eigenvalue weighted by Crippen LogP contribution is -2.61. The highest BCUT2D eigenvalue weighted by Crippen LogP contribution is 2.52. The number of anilines is 6. The number of hydrogen-bond acceptors (Lipinski definition) is 4. The van der Waals surface area contributed by atoms with Crippen molar-refractivity contribution in [2.45, 2.75) is 52.4 Å². The maximum atomic E-state index is 5.58. The lowest BCUT2D eigenvalue weighted by molar-refractivity contribution is 0.590. The van der Waals surface area contributed by atoms with Gasteiger partial charge in [0.05, 0.1) is 11.4 Å². The van der Waals surface area contributed by atoms with E-state index in [1.54, 1.807) is 0 Å². The Kier molecular flexibility index (Phi) is 9.63. The molecule has 0 saturated heterocycles. The maximum absolute atomic E-state index is 5.58. The molecule has 79 heavy (non-hydrogen) atoms. The molecule has 16 rings (SSSR count). The van der Waals surface area contributed by atoms with E-state index in [4.69, 9.17) is 9.97 Å². The Bertz CT molecular complexity index is 4460. The molecule has 0 unspecified atom stereocenters. The van der Waals surface area contributed by atoms with Gasteiger partial charge in [0.1, 0.15) is 0 Å². The fourth-order valence-electron chi connectivity index (χ4n) is 13.6. The van der Waals surface area contributed by atoms with Crippen LogP contribution in [0.4, 0.5) is 34.1 Å². The van der Waals surface area contributed by atoms with Gasteiger partial charge in [-0.2, -0.15) is 0 Å². The van der Waals surface area contributed by atoms with Crippen LogP contribution in [0, 0.1) is 0 Å². The van der Waals surface area contributed by atoms with Gasteiger partial charge >= 0.3 is 0 Å². The van der Waals surface area contributed by atoms with Crippen LogP contribution in [0.1, 0.15) is 52.7 Å². The first-order chi connectivity index (χ1) is 38.4. The van der Waals surface area contributed by atoms with Crippen molar-refractivity contribution in [2.24, 2.45) is 0 Å². The zero-order valence-corrected chi connectivity index (χ0v) is 45.2. The topological polar surface area (TPSA) is 32.3 Å². The summed E-state index contributed by atoms with van der Waals surface area (Å²) in [4.78, 5) is 16.4. The minimum atomic E-state index is -0.153. The summed E-state index contributed by atoms with van der Waals surface area (Å²) in [6.45, 7) is 13.7. The largest absolute Gasteiger partial charge is 0.311 e. The summed E-state index contributed by atoms with van der Waals surface area (Å²) in [5, 5.41) is 15.2. The van der Waals surface area contributed by atoms with E-state index < -0.39 is 0 Å². The summed E-state index contributed by atoms with van der Waals surface area (Å²) >= 11 is 0. The molecule has 1 aromatic heterocycles. The highest BCUT2D eigenvalue weighted by molar-refractivity contribution is 7.01. The van der Waals surface area contributed by atoms with Crippen LogP contribution in [-0.4, -0.2) is 16.7 Å². The molecule has 0 fully saturated rings. The molecule has 0 aliphatic carbocycles. The number of hydrogen-bond donors (Lipinski definition) is 0. The van der Waals surface area contributed by atoms with Crippen LogP contribution in [0.5, 0.6) is 0 Å². The molecule has 0 amide bonds. The Hall–Kier alpha value is -9.32. The predicted octanol–water partition coefficient (Wildman–Crippen LogP) is 17.9. The van der Waals surface area contributed by atoms with Crippen molar-refractivity contribution in [2.75, 3.05) is 9.80 Å². The van der Waals surface area contributed by atoms with E-state index in [2.05, 4.69) is 276 Å². The quantitative estimate of drug-likeness (QED) is 0.127. The van der Waals surface area contributed by atoms with Gasteiger partial charge in [-0.05, 0) is 135 Å². The van der Waals surface area contributed by atoms with E-state index in [0.29, 0.717) is 5.82 Å². The van der Waals surface area contributed by atoms with Gasteiger partial charge in [0.25, 0.3) is 6.71 Å². The second-order valence-electron chi connectivity index (χ2n) is 24.2. The second-order valence-corrected chi connectivity index (χ2v) is 24.2. The molecule has 0 bridgehead atoms. The van der Waals surface area contributed by atoms with Crippen molar-refractivity contribution < 1.29 is 0 Å². The Morgan fingerprint density at radius 3 is 1.14 bits per heavy atom. The molecule has 0 atom stereocenters. The van der Waals surface area contributed by atoms with Gasteiger partial charge in [0.15, 0.2) is 5.82 Å². The first-order valence-electron chi connectivity index (χ1n) is 27.8. The summed E-state index contributed by atoms with van der Waals surface area (Å²) < 4.78 is 0. The Balaban J connectivity index is 1.09. The molecule has 4 nitrogen and oxygen atoms in total. The van der Waals surface area contributed by atoms with E-state index in [1.165, 1.54) is 104 Å². The van der Waals surface area contributed by atoms with Gasteiger partial charge in [0, 0.05) is 61.6 Å². The molecule has 5 heteroatoms. The zero-order valence-electron chi connectivity index (χ0n) is 45.2. The summed E-state index contributed by atoms with van der Waals surface area (Å²) in [5.74, 6) is 0.671. The first kappa shape index (κ1) is 45.8. The van der Waals surface area contributed by atoms with E-state index in [0.717, 1.165) is 50.8 Å². The fraction of sp³-hybridized carbons (Fsp3) is 0.108. The van der Waals surface area contributed by atoms with Crippen molar-refractivity contribution in [1.29, 1.82) is 0 Å². The molecular formula is C74H55BN4. The van der Waals surface area contributed by atoms with Crippen LogP contribution in [0.2, 0.25) is 0 Å². The van der Waals surface area contributed by atoms with Crippen LogP contribution in [0.15, 0.2) is 224 Å². The molecule has 2 aliphatic heterocycles. The Morgan fingerprint density at radius 1 is 0.342 bits per heavy atom. The average molecular weight is 1010 g/mol. The minimum Gasteiger partial charge on any atom is -0.311 e. The fourth-order valence-corrected chi connectivity index (χ4v) is 13.6. The molecule has 0 spiro atoms. The summed E-state index contributed by atoms with van der Waals surface area (Å²) in [6.07, 6.45) is 0. The number of aromatic nitrogens is 2. The molecule has 0 saturated carbocycles.